The number of methoxy groups -OCH3 is 1. The third-order valence-corrected chi connectivity index (χ3v) is 8.43. The van der Waals surface area contributed by atoms with Gasteiger partial charge in [0.05, 0.1) is 7.11 Å². The van der Waals surface area contributed by atoms with Gasteiger partial charge in [-0.15, -0.1) is 11.8 Å². The molecule has 0 aromatic heterocycles. The Bertz CT molecular complexity index is 1870. The van der Waals surface area contributed by atoms with Gasteiger partial charge in [0.1, 0.15) is 16.7 Å². The SMILES string of the molecule is COc1ccccc1/C=C(\NC(=O)c1ccccc1)C(=O)Nc1ccc(SC(C(=O)Nc2cc(C)cc(C)c2)c2ccccc2)cc1. The lowest BCUT2D eigenvalue weighted by atomic mass is 10.1. The summed E-state index contributed by atoms with van der Waals surface area (Å²) >= 11 is 1.42. The Morgan fingerprint density at radius 1 is 0.702 bits per heavy atom. The molecule has 1 unspecified atom stereocenters. The van der Waals surface area contributed by atoms with Crippen molar-refractivity contribution < 1.29 is 19.1 Å². The summed E-state index contributed by atoms with van der Waals surface area (Å²) in [6.45, 7) is 4.00. The van der Waals surface area contributed by atoms with E-state index in [-0.39, 0.29) is 11.6 Å². The highest BCUT2D eigenvalue weighted by molar-refractivity contribution is 8.00. The molecule has 0 spiro atoms. The Hall–Kier alpha value is -5.60. The third kappa shape index (κ3) is 8.99. The van der Waals surface area contributed by atoms with Crippen LogP contribution in [0.1, 0.15) is 37.9 Å². The molecule has 0 fully saturated rings. The molecule has 3 amide bonds. The fourth-order valence-corrected chi connectivity index (χ4v) is 6.01. The number of nitrogens with one attached hydrogen (secondary N) is 3. The maximum atomic E-state index is 13.6. The van der Waals surface area contributed by atoms with Gasteiger partial charge in [-0.2, -0.15) is 0 Å². The quantitative estimate of drug-likeness (QED) is 0.0998. The van der Waals surface area contributed by atoms with Crippen LogP contribution in [-0.4, -0.2) is 24.8 Å². The summed E-state index contributed by atoms with van der Waals surface area (Å²) < 4.78 is 5.45. The first-order valence-electron chi connectivity index (χ1n) is 15.0. The number of anilines is 2. The minimum Gasteiger partial charge on any atom is -0.496 e. The van der Waals surface area contributed by atoms with E-state index in [1.165, 1.54) is 11.8 Å². The molecule has 0 aliphatic carbocycles. The van der Waals surface area contributed by atoms with Crippen molar-refractivity contribution in [1.82, 2.24) is 5.32 Å². The van der Waals surface area contributed by atoms with Gasteiger partial charge in [0.25, 0.3) is 11.8 Å². The van der Waals surface area contributed by atoms with Gasteiger partial charge in [-0.25, -0.2) is 0 Å². The number of para-hydroxylation sites is 1. The van der Waals surface area contributed by atoms with Crippen molar-refractivity contribution in [1.29, 1.82) is 0 Å². The van der Waals surface area contributed by atoms with Gasteiger partial charge >= 0.3 is 0 Å². The Balaban J connectivity index is 1.34. The Morgan fingerprint density at radius 2 is 1.32 bits per heavy atom. The molecule has 236 valence electrons. The van der Waals surface area contributed by atoms with Crippen LogP contribution in [0.25, 0.3) is 6.08 Å². The lowest BCUT2D eigenvalue weighted by Crippen LogP contribution is -2.30. The lowest BCUT2D eigenvalue weighted by molar-refractivity contribution is -0.116. The Labute approximate surface area is 279 Å². The van der Waals surface area contributed by atoms with Crippen LogP contribution in [0.5, 0.6) is 5.75 Å². The molecule has 0 aliphatic rings. The zero-order chi connectivity index (χ0) is 33.2. The number of amides is 3. The highest BCUT2D eigenvalue weighted by atomic mass is 32.2. The summed E-state index contributed by atoms with van der Waals surface area (Å²) in [7, 11) is 1.55. The molecule has 7 nitrogen and oxygen atoms in total. The van der Waals surface area contributed by atoms with E-state index in [4.69, 9.17) is 4.74 Å². The zero-order valence-electron chi connectivity index (χ0n) is 26.3. The molecule has 0 aliphatic heterocycles. The highest BCUT2D eigenvalue weighted by Crippen LogP contribution is 2.37. The number of hydrogen-bond donors (Lipinski definition) is 3. The number of thioether (sulfide) groups is 1. The third-order valence-electron chi connectivity index (χ3n) is 7.16. The molecule has 3 N–H and O–H groups in total. The molecule has 8 heteroatoms. The predicted molar refractivity (Wildman–Crippen MR) is 190 cm³/mol. The van der Waals surface area contributed by atoms with Crippen LogP contribution in [0.4, 0.5) is 11.4 Å². The summed E-state index contributed by atoms with van der Waals surface area (Å²) in [6, 6.07) is 38.7. The van der Waals surface area contributed by atoms with Crippen molar-refractivity contribution in [3.8, 4) is 5.75 Å². The van der Waals surface area contributed by atoms with Crippen LogP contribution in [0, 0.1) is 13.8 Å². The summed E-state index contributed by atoms with van der Waals surface area (Å²) in [4.78, 5) is 41.0. The van der Waals surface area contributed by atoms with E-state index in [1.807, 2.05) is 86.6 Å². The molecule has 0 bridgehead atoms. The maximum absolute atomic E-state index is 13.6. The second kappa shape index (κ2) is 15.6. The second-order valence-electron chi connectivity index (χ2n) is 10.9. The van der Waals surface area contributed by atoms with Crippen molar-refractivity contribution in [2.75, 3.05) is 17.7 Å². The van der Waals surface area contributed by atoms with Crippen LogP contribution < -0.4 is 20.7 Å². The van der Waals surface area contributed by atoms with Crippen LogP contribution >= 0.6 is 11.8 Å². The zero-order valence-corrected chi connectivity index (χ0v) is 27.1. The van der Waals surface area contributed by atoms with E-state index in [0.29, 0.717) is 22.6 Å². The van der Waals surface area contributed by atoms with Gasteiger partial charge in [-0.3, -0.25) is 14.4 Å². The largest absolute Gasteiger partial charge is 0.496 e. The molecule has 47 heavy (non-hydrogen) atoms. The number of aryl methyl sites for hydroxylation is 2. The van der Waals surface area contributed by atoms with Gasteiger partial charge in [0.15, 0.2) is 0 Å². The first-order chi connectivity index (χ1) is 22.8. The monoisotopic (exact) mass is 641 g/mol. The van der Waals surface area contributed by atoms with E-state index in [1.54, 1.807) is 61.7 Å². The van der Waals surface area contributed by atoms with Crippen molar-refractivity contribution in [3.63, 3.8) is 0 Å². The molecule has 0 heterocycles. The van der Waals surface area contributed by atoms with Crippen LogP contribution in [0.2, 0.25) is 0 Å². The smallest absolute Gasteiger partial charge is 0.272 e. The summed E-state index contributed by atoms with van der Waals surface area (Å²) in [5.41, 5.74) is 5.39. The molecule has 0 radical (unpaired) electrons. The van der Waals surface area contributed by atoms with Gasteiger partial charge in [0, 0.05) is 27.4 Å². The van der Waals surface area contributed by atoms with E-state index >= 15 is 0 Å². The first kappa shape index (κ1) is 32.8. The second-order valence-corrected chi connectivity index (χ2v) is 12.1. The standard InChI is InChI=1S/C39H35N3O4S/c1-26-22-27(2)24-32(23-26)41-39(45)36(28-12-6-4-7-13-28)47-33-20-18-31(19-21-33)40-38(44)34(25-30-16-10-11-17-35(30)46-3)42-37(43)29-14-8-5-9-15-29/h4-25,36H,1-3H3,(H,40,44)(H,41,45)(H,42,43)/b34-25-. The van der Waals surface area contributed by atoms with E-state index in [9.17, 15) is 14.4 Å². The molecule has 0 saturated carbocycles. The average Bonchev–Trinajstić information content (AvgIpc) is 3.08. The van der Waals surface area contributed by atoms with Gasteiger partial charge in [0.2, 0.25) is 5.91 Å². The number of carbonyl (C=O) groups excluding carboxylic acids is 3. The molecular weight excluding hydrogens is 607 g/mol. The Morgan fingerprint density at radius 3 is 1.98 bits per heavy atom. The Kier molecular flexibility index (Phi) is 10.9. The number of ether oxygens (including phenoxy) is 1. The predicted octanol–water partition coefficient (Wildman–Crippen LogP) is 8.19. The van der Waals surface area contributed by atoms with Gasteiger partial charge < -0.3 is 20.7 Å². The van der Waals surface area contributed by atoms with Crippen molar-refractivity contribution in [2.45, 2.75) is 24.0 Å². The topological polar surface area (TPSA) is 96.5 Å². The fourth-order valence-electron chi connectivity index (χ4n) is 4.99. The van der Waals surface area contributed by atoms with E-state index in [0.717, 1.165) is 27.3 Å². The van der Waals surface area contributed by atoms with Crippen LogP contribution in [0.15, 0.2) is 138 Å². The lowest BCUT2D eigenvalue weighted by Gasteiger charge is -2.18. The molecular formula is C39H35N3O4S. The summed E-state index contributed by atoms with van der Waals surface area (Å²) in [5.74, 6) is -0.498. The molecule has 5 aromatic carbocycles. The highest BCUT2D eigenvalue weighted by Gasteiger charge is 2.23. The van der Waals surface area contributed by atoms with Crippen molar-refractivity contribution in [3.05, 3.63) is 161 Å². The average molecular weight is 642 g/mol. The van der Waals surface area contributed by atoms with Crippen molar-refractivity contribution in [2.24, 2.45) is 0 Å². The minimum atomic E-state index is -0.513. The normalized spacial score (nSPS) is 11.7. The summed E-state index contributed by atoms with van der Waals surface area (Å²) in [6.07, 6.45) is 1.58. The molecule has 1 atom stereocenters. The maximum Gasteiger partial charge on any atom is 0.272 e. The first-order valence-corrected chi connectivity index (χ1v) is 15.9. The van der Waals surface area contributed by atoms with Crippen LogP contribution in [-0.2, 0) is 9.59 Å². The minimum absolute atomic E-state index is 0.0500. The summed E-state index contributed by atoms with van der Waals surface area (Å²) in [5, 5.41) is 8.21. The van der Waals surface area contributed by atoms with Gasteiger partial charge in [-0.1, -0.05) is 72.8 Å². The molecule has 5 rings (SSSR count). The number of rotatable bonds is 11. The molecule has 0 saturated heterocycles. The van der Waals surface area contributed by atoms with E-state index < -0.39 is 17.1 Å². The number of hydrogen-bond acceptors (Lipinski definition) is 5. The van der Waals surface area contributed by atoms with Crippen molar-refractivity contribution >= 4 is 46.9 Å². The fraction of sp³-hybridized carbons (Fsp3) is 0.103. The van der Waals surface area contributed by atoms with Gasteiger partial charge in [-0.05, 0) is 91.2 Å². The molecule has 5 aromatic rings. The number of benzene rings is 5. The van der Waals surface area contributed by atoms with Crippen LogP contribution in [0.3, 0.4) is 0 Å². The number of carbonyl (C=O) groups is 3. The van der Waals surface area contributed by atoms with E-state index in [2.05, 4.69) is 22.0 Å².